The molecule has 4 rings (SSSR count). The van der Waals surface area contributed by atoms with Gasteiger partial charge in [0, 0.05) is 17.2 Å². The lowest BCUT2D eigenvalue weighted by molar-refractivity contribution is 0.0896. The fourth-order valence-electron chi connectivity index (χ4n) is 4.46. The maximum Gasteiger partial charge on any atom is 0.171 e. The van der Waals surface area contributed by atoms with Crippen molar-refractivity contribution in [1.29, 1.82) is 0 Å². The molecule has 0 radical (unpaired) electrons. The van der Waals surface area contributed by atoms with Crippen LogP contribution in [0.1, 0.15) is 46.8 Å². The molecule has 0 amide bonds. The lowest BCUT2D eigenvalue weighted by Gasteiger charge is -2.35. The second-order valence-corrected chi connectivity index (χ2v) is 7.13. The van der Waals surface area contributed by atoms with E-state index in [0.29, 0.717) is 17.7 Å². The molecular weight excluding hydrogens is 288 g/mol. The second-order valence-electron chi connectivity index (χ2n) is 7.13. The first-order chi connectivity index (χ1) is 10.9. The topological polar surface area (TPSA) is 46.5 Å². The Bertz CT molecular complexity index is 820. The molecule has 0 heterocycles. The molecule has 0 aliphatic heterocycles. The Morgan fingerprint density at radius 2 is 1.96 bits per heavy atom. The summed E-state index contributed by atoms with van der Waals surface area (Å²) < 4.78 is 5.22. The van der Waals surface area contributed by atoms with Crippen LogP contribution < -0.4 is 4.74 Å². The normalized spacial score (nSPS) is 23.9. The molecule has 0 saturated carbocycles. The average Bonchev–Trinajstić information content (AvgIpc) is 2.77. The highest BCUT2D eigenvalue weighted by molar-refractivity contribution is 6.05. The minimum absolute atomic E-state index is 0.0824. The fraction of sp³-hybridized carbons (Fsp3) is 0.350. The third-order valence-electron chi connectivity index (χ3n) is 5.73. The van der Waals surface area contributed by atoms with E-state index >= 15 is 0 Å². The van der Waals surface area contributed by atoms with Crippen LogP contribution >= 0.6 is 0 Å². The number of ketones is 1. The maximum absolute atomic E-state index is 13.2. The second kappa shape index (κ2) is 4.60. The van der Waals surface area contributed by atoms with Crippen LogP contribution in [0.15, 0.2) is 36.4 Å². The van der Waals surface area contributed by atoms with Gasteiger partial charge in [-0.15, -0.1) is 0 Å². The Hall–Kier alpha value is -2.29. The van der Waals surface area contributed by atoms with Gasteiger partial charge in [0.2, 0.25) is 0 Å². The Kier molecular flexibility index (Phi) is 2.87. The van der Waals surface area contributed by atoms with Crippen molar-refractivity contribution in [3.63, 3.8) is 0 Å². The van der Waals surface area contributed by atoms with Gasteiger partial charge in [-0.2, -0.15) is 0 Å². The van der Waals surface area contributed by atoms with Gasteiger partial charge in [0.05, 0.1) is 13.0 Å². The number of Topliss-reactive ketones (excluding diaryl/α,β-unsaturated/α-hetero) is 1. The summed E-state index contributed by atoms with van der Waals surface area (Å²) in [5.74, 6) is 0.847. The molecular formula is C20H20O3. The first kappa shape index (κ1) is 14.3. The van der Waals surface area contributed by atoms with Crippen molar-refractivity contribution in [3.8, 4) is 11.5 Å². The van der Waals surface area contributed by atoms with Gasteiger partial charge in [-0.3, -0.25) is 4.79 Å². The standard InChI is InChI=1S/C20H20O3/c1-20(2)15-7-5-4-6-12(15)18-16(20)10-13-14(19(18)22)8-11(23-3)9-17(13)21/h4-9,16,18,21H,10H2,1-3H3/t16-,18-/m0/s1. The number of aromatic hydroxyl groups is 1. The number of carbonyl (C=O) groups excluding carboxylic acids is 1. The monoisotopic (exact) mass is 308 g/mol. The molecule has 118 valence electrons. The van der Waals surface area contributed by atoms with E-state index in [1.165, 1.54) is 5.56 Å². The Morgan fingerprint density at radius 1 is 1.22 bits per heavy atom. The summed E-state index contributed by atoms with van der Waals surface area (Å²) in [7, 11) is 1.55. The van der Waals surface area contributed by atoms with Gasteiger partial charge in [0.1, 0.15) is 11.5 Å². The molecule has 0 fully saturated rings. The first-order valence-electron chi connectivity index (χ1n) is 7.98. The molecule has 0 saturated heterocycles. The first-order valence-corrected chi connectivity index (χ1v) is 7.98. The zero-order valence-electron chi connectivity index (χ0n) is 13.6. The molecule has 0 aromatic heterocycles. The van der Waals surface area contributed by atoms with E-state index < -0.39 is 0 Å². The minimum Gasteiger partial charge on any atom is -0.508 e. The van der Waals surface area contributed by atoms with Gasteiger partial charge in [-0.1, -0.05) is 38.1 Å². The summed E-state index contributed by atoms with van der Waals surface area (Å²) in [6, 6.07) is 11.6. The molecule has 0 unspecified atom stereocenters. The number of methoxy groups -OCH3 is 1. The summed E-state index contributed by atoms with van der Waals surface area (Å²) in [5.41, 5.74) is 3.68. The van der Waals surface area contributed by atoms with Crippen LogP contribution in [0.4, 0.5) is 0 Å². The number of hydrogen-bond acceptors (Lipinski definition) is 3. The molecule has 0 spiro atoms. The number of phenols is 1. The third kappa shape index (κ3) is 1.79. The van der Waals surface area contributed by atoms with Crippen molar-refractivity contribution in [3.05, 3.63) is 58.7 Å². The van der Waals surface area contributed by atoms with E-state index in [1.807, 2.05) is 12.1 Å². The SMILES string of the molecule is COc1cc(O)c2c(c1)C(=O)[C@H]1c3ccccc3C(C)(C)[C@H]1C2. The van der Waals surface area contributed by atoms with E-state index in [2.05, 4.69) is 26.0 Å². The minimum atomic E-state index is -0.125. The van der Waals surface area contributed by atoms with Gasteiger partial charge in [0.25, 0.3) is 0 Å². The molecule has 0 bridgehead atoms. The third-order valence-corrected chi connectivity index (χ3v) is 5.73. The van der Waals surface area contributed by atoms with Gasteiger partial charge in [0.15, 0.2) is 5.78 Å². The van der Waals surface area contributed by atoms with Crippen LogP contribution in [-0.2, 0) is 11.8 Å². The predicted molar refractivity (Wildman–Crippen MR) is 88.4 cm³/mol. The average molecular weight is 308 g/mol. The summed E-state index contributed by atoms with van der Waals surface area (Å²) in [5, 5.41) is 10.4. The highest BCUT2D eigenvalue weighted by atomic mass is 16.5. The highest BCUT2D eigenvalue weighted by Crippen LogP contribution is 2.56. The molecule has 23 heavy (non-hydrogen) atoms. The quantitative estimate of drug-likeness (QED) is 0.871. The van der Waals surface area contributed by atoms with E-state index in [1.54, 1.807) is 19.2 Å². The number of benzene rings is 2. The smallest absolute Gasteiger partial charge is 0.171 e. The van der Waals surface area contributed by atoms with Crippen molar-refractivity contribution >= 4 is 5.78 Å². The van der Waals surface area contributed by atoms with Crippen molar-refractivity contribution in [2.24, 2.45) is 5.92 Å². The zero-order valence-corrected chi connectivity index (χ0v) is 13.6. The molecule has 2 atom stereocenters. The van der Waals surface area contributed by atoms with Gasteiger partial charge in [-0.25, -0.2) is 0 Å². The number of hydrogen-bond donors (Lipinski definition) is 1. The zero-order chi connectivity index (χ0) is 16.4. The van der Waals surface area contributed by atoms with Gasteiger partial charge >= 0.3 is 0 Å². The fourth-order valence-corrected chi connectivity index (χ4v) is 4.46. The molecule has 3 nitrogen and oxygen atoms in total. The molecule has 2 aromatic carbocycles. The molecule has 2 aromatic rings. The molecule has 3 heteroatoms. The van der Waals surface area contributed by atoms with Crippen LogP contribution in [0, 0.1) is 5.92 Å². The molecule has 2 aliphatic carbocycles. The summed E-state index contributed by atoms with van der Waals surface area (Å²) in [4.78, 5) is 13.2. The Balaban J connectivity index is 1.93. The maximum atomic E-state index is 13.2. The lowest BCUT2D eigenvalue weighted by Crippen LogP contribution is -2.35. The van der Waals surface area contributed by atoms with Crippen molar-refractivity contribution in [2.75, 3.05) is 7.11 Å². The van der Waals surface area contributed by atoms with Crippen LogP contribution in [0.3, 0.4) is 0 Å². The lowest BCUT2D eigenvalue weighted by atomic mass is 9.67. The van der Waals surface area contributed by atoms with E-state index in [0.717, 1.165) is 11.1 Å². The van der Waals surface area contributed by atoms with Gasteiger partial charge < -0.3 is 9.84 Å². The van der Waals surface area contributed by atoms with Crippen molar-refractivity contribution in [1.82, 2.24) is 0 Å². The van der Waals surface area contributed by atoms with E-state index in [-0.39, 0.29) is 28.8 Å². The van der Waals surface area contributed by atoms with E-state index in [9.17, 15) is 9.90 Å². The van der Waals surface area contributed by atoms with Gasteiger partial charge in [-0.05, 0) is 34.9 Å². The van der Waals surface area contributed by atoms with Crippen LogP contribution in [0.2, 0.25) is 0 Å². The van der Waals surface area contributed by atoms with Crippen LogP contribution in [0.5, 0.6) is 11.5 Å². The van der Waals surface area contributed by atoms with Crippen molar-refractivity contribution < 1.29 is 14.6 Å². The largest absolute Gasteiger partial charge is 0.508 e. The van der Waals surface area contributed by atoms with Crippen molar-refractivity contribution in [2.45, 2.75) is 31.6 Å². The number of phenolic OH excluding ortho intramolecular Hbond substituents is 1. The Labute approximate surface area is 135 Å². The number of carbonyl (C=O) groups is 1. The molecule has 1 N–H and O–H groups in total. The number of rotatable bonds is 1. The highest BCUT2D eigenvalue weighted by Gasteiger charge is 2.52. The predicted octanol–water partition coefficient (Wildman–Crippen LogP) is 3.83. The van der Waals surface area contributed by atoms with Crippen LogP contribution in [-0.4, -0.2) is 18.0 Å². The summed E-state index contributed by atoms with van der Waals surface area (Å²) >= 11 is 0. The number of fused-ring (bicyclic) bond motifs is 4. The summed E-state index contributed by atoms with van der Waals surface area (Å²) in [6.45, 7) is 4.41. The van der Waals surface area contributed by atoms with E-state index in [4.69, 9.17) is 4.74 Å². The summed E-state index contributed by atoms with van der Waals surface area (Å²) in [6.07, 6.45) is 0.712. The van der Waals surface area contributed by atoms with Crippen LogP contribution in [0.25, 0.3) is 0 Å². The molecule has 2 aliphatic rings. The Morgan fingerprint density at radius 3 is 2.70 bits per heavy atom. The number of ether oxygens (including phenoxy) is 1.